The molecule has 34 heavy (non-hydrogen) atoms. The maximum Gasteiger partial charge on any atom is 0.260 e. The molecule has 10 heteroatoms. The van der Waals surface area contributed by atoms with Crippen molar-refractivity contribution in [3.63, 3.8) is 0 Å². The number of ether oxygens (including phenoxy) is 2. The highest BCUT2D eigenvalue weighted by Crippen LogP contribution is 2.33. The van der Waals surface area contributed by atoms with Crippen molar-refractivity contribution >= 4 is 28.3 Å². The van der Waals surface area contributed by atoms with Gasteiger partial charge in [0.05, 0.1) is 30.3 Å². The van der Waals surface area contributed by atoms with Crippen molar-refractivity contribution in [1.82, 2.24) is 19.9 Å². The fraction of sp³-hybridized carbons (Fsp3) is 0.250. The van der Waals surface area contributed by atoms with Gasteiger partial charge in [0.15, 0.2) is 0 Å². The second kappa shape index (κ2) is 9.00. The third-order valence-corrected chi connectivity index (χ3v) is 5.95. The molecule has 8 nitrogen and oxygen atoms in total. The van der Waals surface area contributed by atoms with Gasteiger partial charge in [-0.25, -0.2) is 19.3 Å². The van der Waals surface area contributed by atoms with Crippen LogP contribution in [0.15, 0.2) is 47.4 Å². The molecule has 1 aromatic carbocycles. The van der Waals surface area contributed by atoms with Gasteiger partial charge in [-0.1, -0.05) is 11.6 Å². The van der Waals surface area contributed by atoms with Crippen molar-refractivity contribution in [2.75, 3.05) is 31.7 Å². The van der Waals surface area contributed by atoms with Gasteiger partial charge in [0.25, 0.3) is 5.56 Å². The lowest BCUT2D eigenvalue weighted by molar-refractivity contribution is 0.0393. The minimum atomic E-state index is -0.567. The van der Waals surface area contributed by atoms with E-state index in [1.165, 1.54) is 12.1 Å². The molecule has 0 radical (unpaired) electrons. The van der Waals surface area contributed by atoms with Gasteiger partial charge in [0.1, 0.15) is 23.6 Å². The van der Waals surface area contributed by atoms with Gasteiger partial charge in [0, 0.05) is 42.0 Å². The first-order valence-corrected chi connectivity index (χ1v) is 11.0. The molecule has 0 amide bonds. The average molecular weight is 482 g/mol. The summed E-state index contributed by atoms with van der Waals surface area (Å²) in [6.45, 7) is 3.23. The van der Waals surface area contributed by atoms with E-state index in [9.17, 15) is 9.18 Å². The van der Waals surface area contributed by atoms with E-state index >= 15 is 0 Å². The molecule has 4 aromatic rings. The number of pyridine rings is 2. The van der Waals surface area contributed by atoms with Crippen LogP contribution in [0.25, 0.3) is 22.2 Å². The molecule has 1 N–H and O–H groups in total. The van der Waals surface area contributed by atoms with E-state index in [0.29, 0.717) is 42.7 Å². The molecule has 4 heterocycles. The molecule has 0 spiro atoms. The molecule has 174 valence electrons. The molecular formula is C24H21ClFN5O3. The normalized spacial score (nSPS) is 16.1. The number of aromatic nitrogens is 4. The fourth-order valence-electron chi connectivity index (χ4n) is 4.10. The number of hydrogen-bond donors (Lipinski definition) is 1. The van der Waals surface area contributed by atoms with Crippen LogP contribution in [-0.2, 0) is 4.74 Å². The van der Waals surface area contributed by atoms with Crippen molar-refractivity contribution in [3.8, 4) is 17.1 Å². The number of hydrogen-bond acceptors (Lipinski definition) is 7. The first-order valence-electron chi connectivity index (χ1n) is 10.7. The quantitative estimate of drug-likeness (QED) is 0.469. The van der Waals surface area contributed by atoms with Crippen LogP contribution in [0.1, 0.15) is 17.5 Å². The summed E-state index contributed by atoms with van der Waals surface area (Å²) in [6.07, 6.45) is 1.43. The Balaban J connectivity index is 1.61. The molecular weight excluding hydrogens is 461 g/mol. The Hall–Kier alpha value is -3.56. The molecule has 0 saturated carbocycles. The third-order valence-electron chi connectivity index (χ3n) is 5.71. The maximum atomic E-state index is 14.9. The minimum Gasteiger partial charge on any atom is -0.481 e. The molecule has 1 atom stereocenters. The molecule has 0 aliphatic carbocycles. The topological polar surface area (TPSA) is 93.2 Å². The summed E-state index contributed by atoms with van der Waals surface area (Å²) < 4.78 is 26.1. The van der Waals surface area contributed by atoms with Crippen LogP contribution in [-0.4, -0.2) is 46.7 Å². The minimum absolute atomic E-state index is 0.177. The smallest absolute Gasteiger partial charge is 0.260 e. The van der Waals surface area contributed by atoms with Crippen LogP contribution >= 0.6 is 11.6 Å². The van der Waals surface area contributed by atoms with E-state index in [4.69, 9.17) is 26.1 Å². The largest absolute Gasteiger partial charge is 0.481 e. The molecule has 1 fully saturated rings. The van der Waals surface area contributed by atoms with E-state index in [0.717, 1.165) is 5.56 Å². The number of aryl methyl sites for hydroxylation is 1. The second-order valence-corrected chi connectivity index (χ2v) is 8.37. The van der Waals surface area contributed by atoms with Crippen LogP contribution in [0.2, 0.25) is 5.02 Å². The second-order valence-electron chi connectivity index (χ2n) is 7.94. The van der Waals surface area contributed by atoms with Crippen molar-refractivity contribution in [2.45, 2.75) is 13.0 Å². The molecule has 0 bridgehead atoms. The number of fused-ring (bicyclic) bond motifs is 1. The maximum absolute atomic E-state index is 14.9. The Labute approximate surface area is 199 Å². The van der Waals surface area contributed by atoms with E-state index in [1.54, 1.807) is 32.4 Å². The summed E-state index contributed by atoms with van der Waals surface area (Å²) in [7, 11) is 1.56. The molecule has 0 unspecified atom stereocenters. The van der Waals surface area contributed by atoms with Crippen LogP contribution < -0.4 is 15.2 Å². The lowest BCUT2D eigenvalue weighted by Crippen LogP contribution is -2.39. The zero-order valence-electron chi connectivity index (χ0n) is 18.5. The monoisotopic (exact) mass is 481 g/mol. The number of nitrogens with zero attached hydrogens (tertiary/aromatic N) is 4. The number of halogens is 2. The number of nitrogens with one attached hydrogen (secondary N) is 1. The first-order chi connectivity index (χ1) is 16.4. The number of anilines is 1. The average Bonchev–Trinajstić information content (AvgIpc) is 2.83. The highest BCUT2D eigenvalue weighted by atomic mass is 35.5. The summed E-state index contributed by atoms with van der Waals surface area (Å²) in [5, 5.41) is 0.479. The lowest BCUT2D eigenvalue weighted by Gasteiger charge is -2.34. The van der Waals surface area contributed by atoms with Crippen LogP contribution in [0.5, 0.6) is 5.88 Å². The van der Waals surface area contributed by atoms with Crippen LogP contribution in [0, 0.1) is 12.7 Å². The summed E-state index contributed by atoms with van der Waals surface area (Å²) in [5.41, 5.74) is 1.37. The number of morpholine rings is 1. The predicted octanol–water partition coefficient (Wildman–Crippen LogP) is 4.07. The van der Waals surface area contributed by atoms with E-state index in [2.05, 4.69) is 15.0 Å². The van der Waals surface area contributed by atoms with Gasteiger partial charge < -0.3 is 19.4 Å². The number of rotatable bonds is 4. The van der Waals surface area contributed by atoms with Gasteiger partial charge >= 0.3 is 0 Å². The molecule has 1 saturated heterocycles. The highest BCUT2D eigenvalue weighted by molar-refractivity contribution is 6.30. The number of benzene rings is 1. The lowest BCUT2D eigenvalue weighted by atomic mass is 10.1. The van der Waals surface area contributed by atoms with Gasteiger partial charge in [-0.3, -0.25) is 4.79 Å². The van der Waals surface area contributed by atoms with E-state index in [1.807, 2.05) is 17.0 Å². The summed E-state index contributed by atoms with van der Waals surface area (Å²) >= 11 is 5.95. The van der Waals surface area contributed by atoms with Gasteiger partial charge in [-0.2, -0.15) is 0 Å². The Morgan fingerprint density at radius 1 is 1.24 bits per heavy atom. The Bertz CT molecular complexity index is 1440. The number of methoxy groups -OCH3 is 1. The van der Waals surface area contributed by atoms with Crippen molar-refractivity contribution < 1.29 is 13.9 Å². The molecule has 1 aliphatic rings. The third kappa shape index (κ3) is 4.20. The SMILES string of the molecule is COc1cc([C@@H]2CN(c3cc4nc(C)[nH]c(=O)c4c(-c4ccc(Cl)cc4F)n3)CCO2)ccn1. The van der Waals surface area contributed by atoms with Crippen LogP contribution in [0.3, 0.4) is 0 Å². The number of H-pyrrole nitrogens is 1. The van der Waals surface area contributed by atoms with Crippen molar-refractivity contribution in [2.24, 2.45) is 0 Å². The predicted molar refractivity (Wildman–Crippen MR) is 127 cm³/mol. The number of aromatic amines is 1. The summed E-state index contributed by atoms with van der Waals surface area (Å²) in [6, 6.07) is 9.76. The van der Waals surface area contributed by atoms with Crippen molar-refractivity contribution in [3.05, 3.63) is 75.2 Å². The van der Waals surface area contributed by atoms with Gasteiger partial charge in [0.2, 0.25) is 5.88 Å². The molecule has 3 aromatic heterocycles. The van der Waals surface area contributed by atoms with Crippen molar-refractivity contribution in [1.29, 1.82) is 0 Å². The van der Waals surface area contributed by atoms with Crippen LogP contribution in [0.4, 0.5) is 10.2 Å². The van der Waals surface area contributed by atoms with E-state index < -0.39 is 5.82 Å². The Morgan fingerprint density at radius 2 is 2.09 bits per heavy atom. The van der Waals surface area contributed by atoms with E-state index in [-0.39, 0.29) is 33.3 Å². The molecule has 5 rings (SSSR count). The van der Waals surface area contributed by atoms with Gasteiger partial charge in [-0.05, 0) is 36.8 Å². The highest BCUT2D eigenvalue weighted by Gasteiger charge is 2.26. The standard InChI is InChI=1S/C24H21ClFN5O3/c1-13-28-18-11-20(31-7-8-34-19(12-31)14-5-6-27-21(9-14)33-2)30-23(22(18)24(32)29-13)16-4-3-15(25)10-17(16)26/h3-6,9-11,19H,7-8,12H2,1-2H3,(H,28,29,32)/t19-/m0/s1. The Kier molecular flexibility index (Phi) is 5.89. The van der Waals surface area contributed by atoms with Gasteiger partial charge in [-0.15, -0.1) is 0 Å². The summed E-state index contributed by atoms with van der Waals surface area (Å²) in [4.78, 5) is 30.9. The molecule has 1 aliphatic heterocycles. The zero-order chi connectivity index (χ0) is 23.8. The fourth-order valence-corrected chi connectivity index (χ4v) is 4.26. The summed E-state index contributed by atoms with van der Waals surface area (Å²) in [5.74, 6) is 0.966. The first kappa shape index (κ1) is 22.2. The zero-order valence-corrected chi connectivity index (χ0v) is 19.3. The Morgan fingerprint density at radius 3 is 2.88 bits per heavy atom.